The molecular formula is C15H23N7O2. The SMILES string of the molecule is CNCCNCc1nnc2c(n1)c(=O)n(C)c(=O)n2C1CCCC1. The molecule has 3 rings (SSSR count). The maximum Gasteiger partial charge on any atom is 0.332 e. The summed E-state index contributed by atoms with van der Waals surface area (Å²) in [6.07, 6.45) is 4.00. The molecular weight excluding hydrogens is 310 g/mol. The molecule has 0 radical (unpaired) electrons. The van der Waals surface area contributed by atoms with Gasteiger partial charge in [-0.25, -0.2) is 9.78 Å². The summed E-state index contributed by atoms with van der Waals surface area (Å²) < 4.78 is 2.72. The number of likely N-dealkylation sites (N-methyl/N-ethyl adjacent to an activating group) is 1. The van der Waals surface area contributed by atoms with Gasteiger partial charge in [0.1, 0.15) is 0 Å². The van der Waals surface area contributed by atoms with Crippen LogP contribution in [0.3, 0.4) is 0 Å². The van der Waals surface area contributed by atoms with E-state index in [0.717, 1.165) is 43.3 Å². The predicted molar refractivity (Wildman–Crippen MR) is 90.0 cm³/mol. The van der Waals surface area contributed by atoms with Crippen molar-refractivity contribution in [3.63, 3.8) is 0 Å². The van der Waals surface area contributed by atoms with Crippen molar-refractivity contribution in [2.45, 2.75) is 38.3 Å². The van der Waals surface area contributed by atoms with Gasteiger partial charge in [-0.2, -0.15) is 0 Å². The first-order valence-electron chi connectivity index (χ1n) is 8.33. The third-order valence-corrected chi connectivity index (χ3v) is 4.47. The van der Waals surface area contributed by atoms with E-state index in [1.807, 2.05) is 7.05 Å². The number of nitrogens with one attached hydrogen (secondary N) is 2. The van der Waals surface area contributed by atoms with Gasteiger partial charge in [-0.15, -0.1) is 10.2 Å². The largest absolute Gasteiger partial charge is 0.332 e. The van der Waals surface area contributed by atoms with E-state index < -0.39 is 5.56 Å². The van der Waals surface area contributed by atoms with Gasteiger partial charge in [-0.05, 0) is 19.9 Å². The van der Waals surface area contributed by atoms with Crippen LogP contribution in [0.4, 0.5) is 0 Å². The second kappa shape index (κ2) is 7.18. The van der Waals surface area contributed by atoms with Crippen LogP contribution in [0.25, 0.3) is 11.2 Å². The maximum atomic E-state index is 12.5. The number of fused-ring (bicyclic) bond motifs is 1. The van der Waals surface area contributed by atoms with Gasteiger partial charge >= 0.3 is 5.69 Å². The lowest BCUT2D eigenvalue weighted by atomic mass is 10.2. The Labute approximate surface area is 139 Å². The van der Waals surface area contributed by atoms with Crippen molar-refractivity contribution in [2.24, 2.45) is 7.05 Å². The van der Waals surface area contributed by atoms with Crippen molar-refractivity contribution >= 4 is 11.2 Å². The monoisotopic (exact) mass is 333 g/mol. The van der Waals surface area contributed by atoms with Crippen LogP contribution in [0, 0.1) is 0 Å². The fourth-order valence-electron chi connectivity index (χ4n) is 3.14. The summed E-state index contributed by atoms with van der Waals surface area (Å²) in [6, 6.07) is 0.0718. The lowest BCUT2D eigenvalue weighted by Gasteiger charge is -2.16. The first kappa shape index (κ1) is 16.7. The molecule has 2 aromatic rings. The van der Waals surface area contributed by atoms with E-state index in [-0.39, 0.29) is 17.2 Å². The number of nitrogens with zero attached hydrogens (tertiary/aromatic N) is 5. The minimum atomic E-state index is -0.421. The highest BCUT2D eigenvalue weighted by molar-refractivity contribution is 5.68. The van der Waals surface area contributed by atoms with Crippen LogP contribution in [0.2, 0.25) is 0 Å². The summed E-state index contributed by atoms with van der Waals surface area (Å²) in [7, 11) is 3.37. The Balaban J connectivity index is 2.03. The second-order valence-electron chi connectivity index (χ2n) is 6.14. The Morgan fingerprint density at radius 1 is 1.17 bits per heavy atom. The van der Waals surface area contributed by atoms with Crippen molar-refractivity contribution in [3.05, 3.63) is 26.7 Å². The van der Waals surface area contributed by atoms with Crippen molar-refractivity contribution in [1.82, 2.24) is 34.9 Å². The molecule has 0 amide bonds. The first-order chi connectivity index (χ1) is 11.6. The molecule has 0 unspecified atom stereocenters. The van der Waals surface area contributed by atoms with Crippen molar-refractivity contribution < 1.29 is 0 Å². The van der Waals surface area contributed by atoms with Crippen molar-refractivity contribution in [2.75, 3.05) is 20.1 Å². The summed E-state index contributed by atoms with van der Waals surface area (Å²) >= 11 is 0. The molecule has 2 N–H and O–H groups in total. The summed E-state index contributed by atoms with van der Waals surface area (Å²) in [4.78, 5) is 29.3. The van der Waals surface area contributed by atoms with Crippen LogP contribution in [-0.4, -0.2) is 44.5 Å². The van der Waals surface area contributed by atoms with Crippen LogP contribution in [0.1, 0.15) is 37.5 Å². The molecule has 1 aliphatic carbocycles. The van der Waals surface area contributed by atoms with Crippen molar-refractivity contribution in [3.8, 4) is 0 Å². The second-order valence-corrected chi connectivity index (χ2v) is 6.14. The Hall–Kier alpha value is -2.13. The zero-order valence-corrected chi connectivity index (χ0v) is 14.1. The average Bonchev–Trinajstić information content (AvgIpc) is 3.11. The quantitative estimate of drug-likeness (QED) is 0.674. The topological polar surface area (TPSA) is 107 Å². The molecule has 130 valence electrons. The smallest absolute Gasteiger partial charge is 0.318 e. The molecule has 9 heteroatoms. The summed E-state index contributed by atoms with van der Waals surface area (Å²) in [5.41, 5.74) is -0.246. The van der Waals surface area contributed by atoms with Gasteiger partial charge in [-0.1, -0.05) is 12.8 Å². The van der Waals surface area contributed by atoms with Crippen LogP contribution in [0.15, 0.2) is 9.59 Å². The molecule has 0 aliphatic heterocycles. The molecule has 9 nitrogen and oxygen atoms in total. The van der Waals surface area contributed by atoms with E-state index in [9.17, 15) is 9.59 Å². The van der Waals surface area contributed by atoms with Gasteiger partial charge < -0.3 is 10.6 Å². The van der Waals surface area contributed by atoms with Crippen LogP contribution in [0.5, 0.6) is 0 Å². The van der Waals surface area contributed by atoms with Gasteiger partial charge in [0.25, 0.3) is 5.56 Å². The van der Waals surface area contributed by atoms with E-state index >= 15 is 0 Å². The predicted octanol–water partition coefficient (Wildman–Crippen LogP) is -0.691. The van der Waals surface area contributed by atoms with Gasteiger partial charge in [0.15, 0.2) is 17.0 Å². The lowest BCUT2D eigenvalue weighted by Crippen LogP contribution is -2.40. The minimum absolute atomic E-state index is 0.0718. The van der Waals surface area contributed by atoms with E-state index in [1.54, 1.807) is 4.57 Å². The molecule has 1 saturated carbocycles. The first-order valence-corrected chi connectivity index (χ1v) is 8.33. The van der Waals surface area contributed by atoms with E-state index in [2.05, 4.69) is 25.8 Å². The molecule has 2 aromatic heterocycles. The zero-order chi connectivity index (χ0) is 17.1. The minimum Gasteiger partial charge on any atom is -0.318 e. The number of rotatable bonds is 6. The average molecular weight is 333 g/mol. The van der Waals surface area contributed by atoms with Crippen LogP contribution < -0.4 is 21.9 Å². The van der Waals surface area contributed by atoms with E-state index in [0.29, 0.717) is 18.0 Å². The Bertz CT molecular complexity index is 836. The highest BCUT2D eigenvalue weighted by Gasteiger charge is 2.24. The summed E-state index contributed by atoms with van der Waals surface area (Å²) in [6.45, 7) is 2.01. The Morgan fingerprint density at radius 2 is 1.92 bits per heavy atom. The van der Waals surface area contributed by atoms with Crippen LogP contribution in [-0.2, 0) is 13.6 Å². The molecule has 0 saturated heterocycles. The van der Waals surface area contributed by atoms with E-state index in [4.69, 9.17) is 0 Å². The summed E-state index contributed by atoms with van der Waals surface area (Å²) in [5, 5.41) is 14.5. The standard InChI is InChI=1S/C15H23N7O2/c1-16-7-8-17-9-11-18-12-13(20-19-11)22(10-5-3-4-6-10)15(24)21(2)14(12)23/h10,16-17H,3-9H2,1-2H3. The molecule has 2 heterocycles. The fraction of sp³-hybridized carbons (Fsp3) is 0.667. The highest BCUT2D eigenvalue weighted by Crippen LogP contribution is 2.29. The highest BCUT2D eigenvalue weighted by atomic mass is 16.2. The molecule has 0 atom stereocenters. The normalized spacial score (nSPS) is 15.4. The van der Waals surface area contributed by atoms with Gasteiger partial charge in [0.2, 0.25) is 0 Å². The number of hydrogen-bond acceptors (Lipinski definition) is 7. The molecule has 1 aliphatic rings. The maximum absolute atomic E-state index is 12.5. The van der Waals surface area contributed by atoms with E-state index in [1.165, 1.54) is 7.05 Å². The molecule has 0 bridgehead atoms. The Kier molecular flexibility index (Phi) is 5.00. The molecule has 0 aromatic carbocycles. The fourth-order valence-corrected chi connectivity index (χ4v) is 3.14. The Morgan fingerprint density at radius 3 is 2.62 bits per heavy atom. The van der Waals surface area contributed by atoms with Gasteiger partial charge in [-0.3, -0.25) is 13.9 Å². The van der Waals surface area contributed by atoms with Gasteiger partial charge in [0.05, 0.1) is 6.54 Å². The molecule has 1 fully saturated rings. The van der Waals surface area contributed by atoms with Crippen molar-refractivity contribution in [1.29, 1.82) is 0 Å². The zero-order valence-electron chi connectivity index (χ0n) is 14.1. The lowest BCUT2D eigenvalue weighted by molar-refractivity contribution is 0.485. The van der Waals surface area contributed by atoms with Gasteiger partial charge in [0, 0.05) is 26.2 Å². The van der Waals surface area contributed by atoms with Crippen LogP contribution >= 0.6 is 0 Å². The molecule has 0 spiro atoms. The summed E-state index contributed by atoms with van der Waals surface area (Å²) in [5.74, 6) is 0.451. The third-order valence-electron chi connectivity index (χ3n) is 4.47. The number of aromatic nitrogens is 5. The third kappa shape index (κ3) is 3.09. The number of hydrogen-bond donors (Lipinski definition) is 2. The molecule has 24 heavy (non-hydrogen) atoms.